The zero-order valence-corrected chi connectivity index (χ0v) is 21.2. The van der Waals surface area contributed by atoms with Crippen molar-refractivity contribution >= 4 is 23.3 Å². The average Bonchev–Trinajstić information content (AvgIpc) is 3.06. The van der Waals surface area contributed by atoms with Gasteiger partial charge in [0, 0.05) is 43.3 Å². The molecule has 37 heavy (non-hydrogen) atoms. The fourth-order valence-corrected chi connectivity index (χ4v) is 5.69. The molecule has 7 nitrogen and oxygen atoms in total. The van der Waals surface area contributed by atoms with Gasteiger partial charge in [-0.2, -0.15) is 13.2 Å². The van der Waals surface area contributed by atoms with Crippen LogP contribution in [-0.2, 0) is 0 Å². The molecule has 0 aliphatic carbocycles. The molecule has 2 saturated heterocycles. The van der Waals surface area contributed by atoms with Crippen molar-refractivity contribution in [2.24, 2.45) is 0 Å². The van der Waals surface area contributed by atoms with Gasteiger partial charge < -0.3 is 25.2 Å². The van der Waals surface area contributed by atoms with Crippen LogP contribution in [0, 0.1) is 5.82 Å². The van der Waals surface area contributed by atoms with Gasteiger partial charge in [-0.3, -0.25) is 4.79 Å². The third kappa shape index (κ3) is 4.96. The summed E-state index contributed by atoms with van der Waals surface area (Å²) in [6.45, 7) is 4.59. The Hall–Kier alpha value is -2.63. The van der Waals surface area contributed by atoms with Crippen LogP contribution in [0.1, 0.15) is 30.6 Å². The molecule has 3 aliphatic heterocycles. The number of hydrogen-bond donors (Lipinski definition) is 2. The Balaban J connectivity index is 1.65. The van der Waals surface area contributed by atoms with E-state index in [0.717, 1.165) is 0 Å². The van der Waals surface area contributed by atoms with Crippen LogP contribution in [0.15, 0.2) is 24.3 Å². The fourth-order valence-electron chi connectivity index (χ4n) is 5.40. The fraction of sp³-hybridized carbons (Fsp3) is 0.520. The third-order valence-corrected chi connectivity index (χ3v) is 7.53. The summed E-state index contributed by atoms with van der Waals surface area (Å²) >= 11 is 6.75. The van der Waals surface area contributed by atoms with Crippen molar-refractivity contribution in [3.63, 3.8) is 0 Å². The van der Waals surface area contributed by atoms with E-state index in [1.54, 1.807) is 17.0 Å². The summed E-state index contributed by atoms with van der Waals surface area (Å²) in [7, 11) is 0. The molecular formula is C25H28ClF4N5O2. The van der Waals surface area contributed by atoms with Crippen molar-refractivity contribution in [2.75, 3.05) is 44.2 Å². The molecule has 1 aromatic carbocycles. The molecule has 4 heterocycles. The lowest BCUT2D eigenvalue weighted by Crippen LogP contribution is -2.55. The van der Waals surface area contributed by atoms with Gasteiger partial charge in [-0.1, -0.05) is 23.7 Å². The Morgan fingerprint density at radius 2 is 2.05 bits per heavy atom. The number of ether oxygens (including phenoxy) is 1. The molecule has 0 bridgehead atoms. The SMILES string of the molecule is CC1(C)CC(NCC(F)(F)F)CN1c1nc(-c2ccccc2F)c(Cl)c2c1C(=O)N1CCNC[C@@H]1CO2. The van der Waals surface area contributed by atoms with Crippen molar-refractivity contribution in [3.8, 4) is 17.0 Å². The first-order chi connectivity index (χ1) is 17.5. The summed E-state index contributed by atoms with van der Waals surface area (Å²) in [6.07, 6.45) is -3.98. The maximum Gasteiger partial charge on any atom is 0.401 e. The van der Waals surface area contributed by atoms with Crippen molar-refractivity contribution in [3.05, 3.63) is 40.7 Å². The van der Waals surface area contributed by atoms with E-state index in [9.17, 15) is 22.4 Å². The number of hydrogen-bond acceptors (Lipinski definition) is 6. The highest BCUT2D eigenvalue weighted by molar-refractivity contribution is 6.35. The number of alkyl halides is 3. The summed E-state index contributed by atoms with van der Waals surface area (Å²) in [5, 5.41) is 5.85. The van der Waals surface area contributed by atoms with Gasteiger partial charge in [-0.25, -0.2) is 9.37 Å². The van der Waals surface area contributed by atoms with Crippen LogP contribution in [0.4, 0.5) is 23.4 Å². The van der Waals surface area contributed by atoms with Gasteiger partial charge in [0.25, 0.3) is 5.91 Å². The Labute approximate surface area is 217 Å². The highest BCUT2D eigenvalue weighted by Gasteiger charge is 2.45. The smallest absolute Gasteiger partial charge is 0.401 e. The molecule has 2 N–H and O–H groups in total. The average molecular weight is 542 g/mol. The van der Waals surface area contributed by atoms with E-state index in [0.29, 0.717) is 26.1 Å². The van der Waals surface area contributed by atoms with Crippen molar-refractivity contribution in [1.82, 2.24) is 20.5 Å². The first-order valence-corrected chi connectivity index (χ1v) is 12.5. The molecule has 1 amide bonds. The zero-order valence-electron chi connectivity index (χ0n) is 20.5. The monoisotopic (exact) mass is 541 g/mol. The first-order valence-electron chi connectivity index (χ1n) is 12.2. The third-order valence-electron chi connectivity index (χ3n) is 7.18. The lowest BCUT2D eigenvalue weighted by Gasteiger charge is -2.36. The molecule has 0 radical (unpaired) electrons. The van der Waals surface area contributed by atoms with E-state index in [1.807, 2.05) is 18.7 Å². The van der Waals surface area contributed by atoms with Crippen molar-refractivity contribution in [1.29, 1.82) is 0 Å². The molecule has 1 unspecified atom stereocenters. The number of fused-ring (bicyclic) bond motifs is 2. The minimum atomic E-state index is -4.35. The molecule has 2 aromatic rings. The van der Waals surface area contributed by atoms with Gasteiger partial charge in [0.05, 0.1) is 18.3 Å². The van der Waals surface area contributed by atoms with Crippen LogP contribution < -0.4 is 20.3 Å². The predicted molar refractivity (Wildman–Crippen MR) is 132 cm³/mol. The van der Waals surface area contributed by atoms with E-state index in [4.69, 9.17) is 21.3 Å². The van der Waals surface area contributed by atoms with Crippen LogP contribution in [-0.4, -0.2) is 78.9 Å². The Kier molecular flexibility index (Phi) is 6.74. The van der Waals surface area contributed by atoms with Crippen molar-refractivity contribution < 1.29 is 27.1 Å². The van der Waals surface area contributed by atoms with E-state index in [-0.39, 0.29) is 58.5 Å². The van der Waals surface area contributed by atoms with Crippen LogP contribution in [0.3, 0.4) is 0 Å². The van der Waals surface area contributed by atoms with E-state index in [2.05, 4.69) is 10.6 Å². The summed E-state index contributed by atoms with van der Waals surface area (Å²) in [5.74, 6) is -0.518. The number of benzene rings is 1. The number of rotatable bonds is 4. The number of carbonyl (C=O) groups is 1. The highest BCUT2D eigenvalue weighted by Crippen LogP contribution is 2.46. The van der Waals surface area contributed by atoms with E-state index < -0.39 is 30.1 Å². The number of aromatic nitrogens is 1. The minimum absolute atomic E-state index is 0.0220. The number of nitrogens with one attached hydrogen (secondary N) is 2. The maximum absolute atomic E-state index is 14.9. The van der Waals surface area contributed by atoms with Crippen molar-refractivity contribution in [2.45, 2.75) is 44.1 Å². The van der Waals surface area contributed by atoms with E-state index >= 15 is 0 Å². The number of piperazine rings is 1. The lowest BCUT2D eigenvalue weighted by molar-refractivity contribution is -0.126. The standard InChI is InChI=1S/C25H28ClF4N5O2/c1-24(2)9-14(32-13-25(28,29)30)11-35(24)22-18-21(37-12-15-10-31-7-8-34(15)23(18)36)19(26)20(33-22)16-5-3-4-6-17(16)27/h3-6,14-15,31-32H,7-13H2,1-2H3/t14?,15-/m1/s1. The molecule has 200 valence electrons. The number of amides is 1. The lowest BCUT2D eigenvalue weighted by atomic mass is 9.99. The second-order valence-electron chi connectivity index (χ2n) is 10.3. The van der Waals surface area contributed by atoms with Gasteiger partial charge in [0.15, 0.2) is 5.75 Å². The number of halogens is 5. The Morgan fingerprint density at radius 1 is 1.30 bits per heavy atom. The highest BCUT2D eigenvalue weighted by atomic mass is 35.5. The van der Waals surface area contributed by atoms with E-state index in [1.165, 1.54) is 12.1 Å². The van der Waals surface area contributed by atoms with Crippen LogP contribution in [0.2, 0.25) is 5.02 Å². The second-order valence-corrected chi connectivity index (χ2v) is 10.6. The number of pyridine rings is 1. The molecule has 0 saturated carbocycles. The summed E-state index contributed by atoms with van der Waals surface area (Å²) < 4.78 is 59.7. The number of carbonyl (C=O) groups excluding carboxylic acids is 1. The van der Waals surface area contributed by atoms with Gasteiger partial charge in [-0.05, 0) is 32.4 Å². The second kappa shape index (κ2) is 9.59. The minimum Gasteiger partial charge on any atom is -0.489 e. The molecular weight excluding hydrogens is 514 g/mol. The quantitative estimate of drug-likeness (QED) is 0.573. The maximum atomic E-state index is 14.9. The Morgan fingerprint density at radius 3 is 2.78 bits per heavy atom. The summed E-state index contributed by atoms with van der Waals surface area (Å²) in [4.78, 5) is 22.2. The molecule has 12 heteroatoms. The van der Waals surface area contributed by atoms with Crippen LogP contribution in [0.5, 0.6) is 5.75 Å². The van der Waals surface area contributed by atoms with Crippen LogP contribution >= 0.6 is 11.6 Å². The zero-order chi connectivity index (χ0) is 26.5. The Bertz CT molecular complexity index is 1210. The molecule has 5 rings (SSSR count). The molecule has 3 aliphatic rings. The largest absolute Gasteiger partial charge is 0.489 e. The van der Waals surface area contributed by atoms with Crippen LogP contribution in [0.25, 0.3) is 11.3 Å². The topological polar surface area (TPSA) is 69.7 Å². The number of nitrogens with zero attached hydrogens (tertiary/aromatic N) is 3. The first kappa shape index (κ1) is 26.0. The molecule has 0 spiro atoms. The number of anilines is 1. The molecule has 2 atom stereocenters. The molecule has 2 fully saturated rings. The van der Waals surface area contributed by atoms with Gasteiger partial charge in [-0.15, -0.1) is 0 Å². The summed E-state index contributed by atoms with van der Waals surface area (Å²) in [5.41, 5.74) is -0.263. The molecule has 1 aromatic heterocycles. The predicted octanol–water partition coefficient (Wildman–Crippen LogP) is 3.86. The summed E-state index contributed by atoms with van der Waals surface area (Å²) in [6, 6.07) is 5.28. The van der Waals surface area contributed by atoms with Gasteiger partial charge in [0.1, 0.15) is 28.8 Å². The van der Waals surface area contributed by atoms with Gasteiger partial charge >= 0.3 is 6.18 Å². The normalized spacial score (nSPS) is 23.4. The van der Waals surface area contributed by atoms with Gasteiger partial charge in [0.2, 0.25) is 0 Å².